The highest BCUT2D eigenvalue weighted by atomic mass is 35.5. The summed E-state index contributed by atoms with van der Waals surface area (Å²) in [7, 11) is 0. The van der Waals surface area contributed by atoms with E-state index in [2.05, 4.69) is 4.90 Å². The van der Waals surface area contributed by atoms with Gasteiger partial charge in [0.2, 0.25) is 0 Å². The zero-order valence-corrected chi connectivity index (χ0v) is 14.7. The lowest BCUT2D eigenvalue weighted by Gasteiger charge is -2.35. The van der Waals surface area contributed by atoms with Crippen LogP contribution in [0, 0.1) is 16.5 Å². The van der Waals surface area contributed by atoms with Crippen LogP contribution in [-0.2, 0) is 0 Å². The van der Waals surface area contributed by atoms with Crippen LogP contribution in [0.25, 0.3) is 0 Å². The van der Waals surface area contributed by atoms with E-state index >= 15 is 0 Å². The van der Waals surface area contributed by atoms with E-state index in [1.807, 2.05) is 19.9 Å². The summed E-state index contributed by atoms with van der Waals surface area (Å²) in [5.74, 6) is 0.324. The van der Waals surface area contributed by atoms with Gasteiger partial charge in [-0.1, -0.05) is 13.8 Å². The number of nitrogens with zero attached hydrogens (tertiary/aromatic N) is 1. The summed E-state index contributed by atoms with van der Waals surface area (Å²) in [6.45, 7) is 6.49. The summed E-state index contributed by atoms with van der Waals surface area (Å²) < 4.78 is 0. The number of benzene rings is 1. The largest absolute Gasteiger partial charge is 0.629 e. The van der Waals surface area contributed by atoms with Gasteiger partial charge in [0.15, 0.2) is 0 Å². The molecular weight excluding hydrogens is 312 g/mol. The molecule has 2 aliphatic rings. The van der Waals surface area contributed by atoms with Crippen LogP contribution in [0.2, 0.25) is 0 Å². The Morgan fingerprint density at radius 3 is 2.48 bits per heavy atom. The fourth-order valence-corrected chi connectivity index (χ4v) is 3.68. The quantitative estimate of drug-likeness (QED) is 0.664. The second kappa shape index (κ2) is 6.42. The molecule has 3 rings (SSSR count). The molecule has 2 fully saturated rings. The Hall–Kier alpha value is -1.10. The third kappa shape index (κ3) is 3.70. The van der Waals surface area contributed by atoms with Crippen molar-refractivity contribution in [2.75, 3.05) is 24.5 Å². The van der Waals surface area contributed by atoms with Gasteiger partial charge in [0, 0.05) is 31.1 Å². The first-order chi connectivity index (χ1) is 10.9. The minimum Gasteiger partial charge on any atom is -0.629 e. The maximum Gasteiger partial charge on any atom is 0.254 e. The van der Waals surface area contributed by atoms with Gasteiger partial charge in [0.1, 0.15) is 5.69 Å². The van der Waals surface area contributed by atoms with E-state index < -0.39 is 5.24 Å². The van der Waals surface area contributed by atoms with E-state index in [1.54, 1.807) is 12.1 Å². The molecule has 1 saturated carbocycles. The summed E-state index contributed by atoms with van der Waals surface area (Å²) in [6, 6.07) is 5.31. The number of hydrogen-bond donors (Lipinski definition) is 1. The van der Waals surface area contributed by atoms with Crippen molar-refractivity contribution in [3.05, 3.63) is 29.0 Å². The molecule has 1 atom stereocenters. The van der Waals surface area contributed by atoms with Gasteiger partial charge in [-0.25, -0.2) is 0 Å². The van der Waals surface area contributed by atoms with Crippen LogP contribution in [-0.4, -0.2) is 24.9 Å². The average Bonchev–Trinajstić information content (AvgIpc) is 3.26. The van der Waals surface area contributed by atoms with E-state index in [9.17, 15) is 10.0 Å². The molecule has 1 aliphatic heterocycles. The molecule has 126 valence electrons. The summed E-state index contributed by atoms with van der Waals surface area (Å²) in [4.78, 5) is 14.0. The normalized spacial score (nSPS) is 20.8. The van der Waals surface area contributed by atoms with Gasteiger partial charge in [-0.3, -0.25) is 4.79 Å². The molecule has 1 saturated heterocycles. The Morgan fingerprint density at radius 2 is 1.96 bits per heavy atom. The van der Waals surface area contributed by atoms with Crippen molar-refractivity contribution in [2.24, 2.45) is 11.3 Å². The van der Waals surface area contributed by atoms with E-state index in [0.29, 0.717) is 29.1 Å². The zero-order chi connectivity index (χ0) is 16.6. The fraction of sp³-hybridized carbons (Fsp3) is 0.611. The van der Waals surface area contributed by atoms with Crippen molar-refractivity contribution in [2.45, 2.75) is 39.5 Å². The topological polar surface area (TPSA) is 47.8 Å². The van der Waals surface area contributed by atoms with Crippen LogP contribution in [0.4, 0.5) is 11.4 Å². The predicted octanol–water partition coefficient (Wildman–Crippen LogP) is 3.12. The second-order valence-corrected chi connectivity index (χ2v) is 7.86. The molecule has 0 bridgehead atoms. The molecule has 0 amide bonds. The molecule has 1 N–H and O–H groups in total. The Balaban J connectivity index is 1.84. The number of rotatable bonds is 5. The molecule has 0 aromatic heterocycles. The molecule has 1 spiro atoms. The highest BCUT2D eigenvalue weighted by molar-refractivity contribution is 6.68. The van der Waals surface area contributed by atoms with Crippen molar-refractivity contribution < 1.29 is 9.86 Å². The number of anilines is 1. The summed E-state index contributed by atoms with van der Waals surface area (Å²) in [5, 5.41) is 12.0. The number of carbonyl (C=O) groups is 1. The fourth-order valence-electron chi connectivity index (χ4n) is 3.52. The second-order valence-electron chi connectivity index (χ2n) is 7.51. The van der Waals surface area contributed by atoms with Gasteiger partial charge >= 0.3 is 0 Å². The van der Waals surface area contributed by atoms with Crippen molar-refractivity contribution in [3.63, 3.8) is 0 Å². The van der Waals surface area contributed by atoms with Crippen molar-refractivity contribution >= 4 is 28.2 Å². The predicted molar refractivity (Wildman–Crippen MR) is 93.4 cm³/mol. The molecule has 1 aromatic carbocycles. The standard InChI is InChI=1S/C18H25ClN2O2/c1-13(2)12-21(23)14-3-4-15(17(19)22)16(11-14)20-9-7-18(5-6-18)8-10-20/h3-4,11,13,21H,5-10,12H2,1-2H3. The Labute approximate surface area is 143 Å². The summed E-state index contributed by atoms with van der Waals surface area (Å²) in [6.07, 6.45) is 5.03. The summed E-state index contributed by atoms with van der Waals surface area (Å²) in [5.41, 5.74) is 2.60. The smallest absolute Gasteiger partial charge is 0.254 e. The minimum atomic E-state index is -0.449. The van der Waals surface area contributed by atoms with Crippen molar-refractivity contribution in [3.8, 4) is 0 Å². The maximum atomic E-state index is 12.3. The van der Waals surface area contributed by atoms with Crippen LogP contribution in [0.5, 0.6) is 0 Å². The molecule has 1 aliphatic carbocycles. The molecule has 4 nitrogen and oxygen atoms in total. The highest BCUT2D eigenvalue weighted by Crippen LogP contribution is 2.54. The van der Waals surface area contributed by atoms with Crippen molar-refractivity contribution in [1.29, 1.82) is 0 Å². The molecule has 0 radical (unpaired) electrons. The number of quaternary nitrogens is 1. The third-order valence-corrected chi connectivity index (χ3v) is 5.45. The Bertz CT molecular complexity index is 589. The van der Waals surface area contributed by atoms with Crippen LogP contribution in [0.15, 0.2) is 18.2 Å². The molecule has 23 heavy (non-hydrogen) atoms. The monoisotopic (exact) mass is 336 g/mol. The maximum absolute atomic E-state index is 12.3. The average molecular weight is 337 g/mol. The van der Waals surface area contributed by atoms with Gasteiger partial charge in [0.25, 0.3) is 5.24 Å². The van der Waals surface area contributed by atoms with E-state index in [1.165, 1.54) is 25.7 Å². The first-order valence-electron chi connectivity index (χ1n) is 8.52. The Morgan fingerprint density at radius 1 is 1.30 bits per heavy atom. The molecule has 1 aromatic rings. The van der Waals surface area contributed by atoms with Gasteiger partial charge in [-0.15, -0.1) is 0 Å². The van der Waals surface area contributed by atoms with E-state index in [-0.39, 0.29) is 5.06 Å². The van der Waals surface area contributed by atoms with Crippen molar-refractivity contribution in [1.82, 2.24) is 0 Å². The van der Waals surface area contributed by atoms with E-state index in [4.69, 9.17) is 11.6 Å². The minimum absolute atomic E-state index is 0.130. The number of nitrogens with one attached hydrogen (secondary N) is 1. The highest BCUT2D eigenvalue weighted by Gasteiger charge is 2.44. The van der Waals surface area contributed by atoms with Crippen LogP contribution >= 0.6 is 11.6 Å². The molecule has 1 unspecified atom stereocenters. The number of halogens is 1. The van der Waals surface area contributed by atoms with Gasteiger partial charge in [-0.05, 0) is 48.8 Å². The lowest BCUT2D eigenvalue weighted by molar-refractivity contribution is -0.780. The first-order valence-corrected chi connectivity index (χ1v) is 8.90. The van der Waals surface area contributed by atoms with Crippen LogP contribution < -0.4 is 9.96 Å². The van der Waals surface area contributed by atoms with E-state index in [0.717, 1.165) is 18.8 Å². The lowest BCUT2D eigenvalue weighted by Crippen LogP contribution is -3.02. The first kappa shape index (κ1) is 16.7. The summed E-state index contributed by atoms with van der Waals surface area (Å²) >= 11 is 5.76. The third-order valence-electron chi connectivity index (χ3n) is 5.25. The molecular formula is C18H25ClN2O2. The number of carbonyl (C=O) groups excluding carboxylic acids is 1. The number of piperidine rings is 1. The van der Waals surface area contributed by atoms with Gasteiger partial charge < -0.3 is 15.2 Å². The lowest BCUT2D eigenvalue weighted by atomic mass is 9.93. The molecule has 1 heterocycles. The zero-order valence-electron chi connectivity index (χ0n) is 13.9. The van der Waals surface area contributed by atoms with Crippen LogP contribution in [0.3, 0.4) is 0 Å². The number of hydrogen-bond acceptors (Lipinski definition) is 3. The van der Waals surface area contributed by atoms with Gasteiger partial charge in [0.05, 0.1) is 17.8 Å². The van der Waals surface area contributed by atoms with Crippen LogP contribution in [0.1, 0.15) is 49.9 Å². The van der Waals surface area contributed by atoms with Gasteiger partial charge in [-0.2, -0.15) is 0 Å². The SMILES string of the molecule is CC(C)C[NH+]([O-])c1ccc(C(=O)Cl)c(N2CCC3(CC2)CC3)c1. The number of hydroxylamine groups is 1. The molecule has 5 heteroatoms. The Kier molecular flexibility index (Phi) is 4.68.